The Hall–Kier alpha value is -1.42. The van der Waals surface area contributed by atoms with Crippen LogP contribution < -0.4 is 5.32 Å². The number of rotatable bonds is 7. The molecule has 0 saturated heterocycles. The second kappa shape index (κ2) is 7.03. The van der Waals surface area contributed by atoms with E-state index in [1.54, 1.807) is 0 Å². The molecule has 120 valence electrons. The Labute approximate surface area is 117 Å². The maximum atomic E-state index is 12.5. The van der Waals surface area contributed by atoms with Gasteiger partial charge in [-0.15, -0.1) is 0 Å². The molecule has 0 fully saturated rings. The number of sulfone groups is 1. The Balaban J connectivity index is 2.77. The molecule has 10 heteroatoms. The number of ether oxygens (including phenoxy) is 1. The van der Waals surface area contributed by atoms with E-state index in [9.17, 15) is 30.4 Å². The van der Waals surface area contributed by atoms with E-state index in [-0.39, 0.29) is 18.8 Å². The third-order valence-corrected chi connectivity index (χ3v) is 3.83. The van der Waals surface area contributed by atoms with Gasteiger partial charge in [0.15, 0.2) is 0 Å². The maximum Gasteiger partial charge on any atom is 0.501 e. The number of alkyl halides is 5. The average Bonchev–Trinajstić information content (AvgIpc) is 2.37. The fourth-order valence-corrected chi connectivity index (χ4v) is 2.34. The van der Waals surface area contributed by atoms with Gasteiger partial charge in [-0.2, -0.15) is 13.2 Å². The second-order valence-corrected chi connectivity index (χ2v) is 5.75. The summed E-state index contributed by atoms with van der Waals surface area (Å²) in [5.74, 6) is 0. The van der Waals surface area contributed by atoms with Crippen LogP contribution in [0.4, 0.5) is 27.6 Å². The fraction of sp³-hybridized carbons (Fsp3) is 0.455. The summed E-state index contributed by atoms with van der Waals surface area (Å²) in [6.45, 7) is -1.12. The van der Waals surface area contributed by atoms with Crippen LogP contribution in [0.15, 0.2) is 29.2 Å². The van der Waals surface area contributed by atoms with Gasteiger partial charge >= 0.3 is 5.51 Å². The van der Waals surface area contributed by atoms with Crippen molar-refractivity contribution in [2.75, 3.05) is 25.1 Å². The Kier molecular flexibility index (Phi) is 5.90. The lowest BCUT2D eigenvalue weighted by atomic mass is 10.3. The van der Waals surface area contributed by atoms with Crippen molar-refractivity contribution in [2.45, 2.75) is 16.8 Å². The highest BCUT2D eigenvalue weighted by Crippen LogP contribution is 2.34. The van der Waals surface area contributed by atoms with Gasteiger partial charge in [0.25, 0.3) is 16.3 Å². The van der Waals surface area contributed by atoms with Gasteiger partial charge in [-0.05, 0) is 12.1 Å². The molecule has 1 aromatic carbocycles. The SMILES string of the molecule is O=S(=O)(c1ccccc1NCCOCC(F)F)C(F)(F)F. The summed E-state index contributed by atoms with van der Waals surface area (Å²) in [6, 6.07) is 4.45. The minimum atomic E-state index is -5.49. The molecule has 0 aromatic heterocycles. The zero-order chi connectivity index (χ0) is 16.1. The second-order valence-electron chi connectivity index (χ2n) is 3.84. The molecule has 4 nitrogen and oxygen atoms in total. The highest BCUT2D eigenvalue weighted by Gasteiger charge is 2.47. The average molecular weight is 333 g/mol. The predicted molar refractivity (Wildman–Crippen MR) is 65.0 cm³/mol. The van der Waals surface area contributed by atoms with Crippen molar-refractivity contribution < 1.29 is 35.1 Å². The van der Waals surface area contributed by atoms with Crippen LogP contribution in [0.5, 0.6) is 0 Å². The molecular weight excluding hydrogens is 321 g/mol. The highest BCUT2D eigenvalue weighted by atomic mass is 32.2. The Morgan fingerprint density at radius 2 is 1.81 bits per heavy atom. The van der Waals surface area contributed by atoms with Crippen molar-refractivity contribution in [1.29, 1.82) is 0 Å². The zero-order valence-electron chi connectivity index (χ0n) is 10.5. The molecule has 0 radical (unpaired) electrons. The van der Waals surface area contributed by atoms with Crippen molar-refractivity contribution in [3.8, 4) is 0 Å². The van der Waals surface area contributed by atoms with Crippen LogP contribution in [0.3, 0.4) is 0 Å². The zero-order valence-corrected chi connectivity index (χ0v) is 11.3. The number of hydrogen-bond acceptors (Lipinski definition) is 4. The molecule has 1 aromatic rings. The molecular formula is C11H12F5NO3S. The van der Waals surface area contributed by atoms with Crippen molar-refractivity contribution in [3.63, 3.8) is 0 Å². The summed E-state index contributed by atoms with van der Waals surface area (Å²) in [5.41, 5.74) is -5.69. The number of nitrogens with one attached hydrogen (secondary N) is 1. The molecule has 0 heterocycles. The van der Waals surface area contributed by atoms with Crippen molar-refractivity contribution in [2.24, 2.45) is 0 Å². The Bertz CT molecular complexity index is 559. The summed E-state index contributed by atoms with van der Waals surface area (Å²) in [4.78, 5) is -0.925. The van der Waals surface area contributed by atoms with Gasteiger partial charge in [-0.1, -0.05) is 12.1 Å². The molecule has 0 spiro atoms. The molecule has 0 bridgehead atoms. The van der Waals surface area contributed by atoms with Crippen LogP contribution in [0.25, 0.3) is 0 Å². The van der Waals surface area contributed by atoms with E-state index >= 15 is 0 Å². The van der Waals surface area contributed by atoms with Crippen molar-refractivity contribution in [3.05, 3.63) is 24.3 Å². The smallest absolute Gasteiger partial charge is 0.382 e. The topological polar surface area (TPSA) is 55.4 Å². The molecule has 0 unspecified atom stereocenters. The van der Waals surface area contributed by atoms with E-state index in [4.69, 9.17) is 0 Å². The number of hydrogen-bond donors (Lipinski definition) is 1. The minimum Gasteiger partial charge on any atom is -0.382 e. The van der Waals surface area contributed by atoms with E-state index in [0.717, 1.165) is 18.2 Å². The van der Waals surface area contributed by atoms with Crippen molar-refractivity contribution in [1.82, 2.24) is 0 Å². The Morgan fingerprint density at radius 3 is 2.38 bits per heavy atom. The van der Waals surface area contributed by atoms with Crippen LogP contribution in [0.2, 0.25) is 0 Å². The normalized spacial score (nSPS) is 12.7. The summed E-state index contributed by atoms with van der Waals surface area (Å²) >= 11 is 0. The highest BCUT2D eigenvalue weighted by molar-refractivity contribution is 7.92. The van der Waals surface area contributed by atoms with Crippen LogP contribution in [0, 0.1) is 0 Å². The van der Waals surface area contributed by atoms with Gasteiger partial charge in [-0.25, -0.2) is 17.2 Å². The van der Waals surface area contributed by atoms with Crippen LogP contribution in [-0.4, -0.2) is 40.1 Å². The van der Waals surface area contributed by atoms with E-state index in [2.05, 4.69) is 10.1 Å². The molecule has 0 saturated carbocycles. The van der Waals surface area contributed by atoms with E-state index < -0.39 is 33.3 Å². The molecule has 0 aliphatic heterocycles. The first-order valence-corrected chi connectivity index (χ1v) is 7.14. The van der Waals surface area contributed by atoms with Gasteiger partial charge in [0, 0.05) is 6.54 Å². The van der Waals surface area contributed by atoms with Crippen molar-refractivity contribution >= 4 is 15.5 Å². The van der Waals surface area contributed by atoms with E-state index in [1.807, 2.05) is 0 Å². The van der Waals surface area contributed by atoms with Crippen LogP contribution >= 0.6 is 0 Å². The van der Waals surface area contributed by atoms with Gasteiger partial charge < -0.3 is 10.1 Å². The predicted octanol–water partition coefficient (Wildman–Crippen LogP) is 2.67. The monoisotopic (exact) mass is 333 g/mol. The molecule has 0 aliphatic rings. The van der Waals surface area contributed by atoms with E-state index in [0.29, 0.717) is 0 Å². The maximum absolute atomic E-state index is 12.5. The fourth-order valence-electron chi connectivity index (χ4n) is 1.40. The summed E-state index contributed by atoms with van der Waals surface area (Å²) in [5, 5.41) is 2.42. The van der Waals surface area contributed by atoms with Crippen LogP contribution in [0.1, 0.15) is 0 Å². The first kappa shape index (κ1) is 17.6. The quantitative estimate of drug-likeness (QED) is 0.616. The molecule has 21 heavy (non-hydrogen) atoms. The molecule has 1 rings (SSSR count). The lowest BCUT2D eigenvalue weighted by Gasteiger charge is -2.14. The summed E-state index contributed by atoms with van der Waals surface area (Å²) in [6.07, 6.45) is -2.65. The van der Waals surface area contributed by atoms with Gasteiger partial charge in [0.1, 0.15) is 6.61 Å². The lowest BCUT2D eigenvalue weighted by molar-refractivity contribution is -0.0435. The lowest BCUT2D eigenvalue weighted by Crippen LogP contribution is -2.24. The van der Waals surface area contributed by atoms with E-state index in [1.165, 1.54) is 6.07 Å². The van der Waals surface area contributed by atoms with Gasteiger partial charge in [-0.3, -0.25) is 0 Å². The molecule has 0 aliphatic carbocycles. The molecule has 0 atom stereocenters. The number of para-hydroxylation sites is 1. The summed E-state index contributed by atoms with van der Waals surface area (Å²) < 4.78 is 88.3. The number of halogens is 5. The van der Waals surface area contributed by atoms with Gasteiger partial charge in [0.2, 0.25) is 0 Å². The molecule has 0 amide bonds. The summed E-state index contributed by atoms with van der Waals surface area (Å²) in [7, 11) is -5.49. The number of benzene rings is 1. The van der Waals surface area contributed by atoms with Crippen LogP contribution in [-0.2, 0) is 14.6 Å². The third kappa shape index (κ3) is 4.81. The first-order valence-electron chi connectivity index (χ1n) is 5.66. The standard InChI is InChI=1S/C11H12F5NO3S/c12-10(13)7-20-6-5-17-8-3-1-2-4-9(8)21(18,19)11(14,15)16/h1-4,10,17H,5-7H2. The largest absolute Gasteiger partial charge is 0.501 e. The molecule has 1 N–H and O–H groups in total. The number of anilines is 1. The Morgan fingerprint density at radius 1 is 1.19 bits per heavy atom. The third-order valence-electron chi connectivity index (χ3n) is 2.29. The van der Waals surface area contributed by atoms with Gasteiger partial charge in [0.05, 0.1) is 17.2 Å². The first-order chi connectivity index (χ1) is 9.66. The minimum absolute atomic E-state index is 0.114.